The highest BCUT2D eigenvalue weighted by atomic mass is 35.5. The van der Waals surface area contributed by atoms with E-state index in [1.165, 1.54) is 12.1 Å². The number of para-hydroxylation sites is 1. The van der Waals surface area contributed by atoms with Gasteiger partial charge in [-0.05, 0) is 36.5 Å². The lowest BCUT2D eigenvalue weighted by Crippen LogP contribution is -2.20. The maximum atomic E-state index is 11.3. The number of benzene rings is 2. The first kappa shape index (κ1) is 17.0. The van der Waals surface area contributed by atoms with E-state index in [1.807, 2.05) is 30.3 Å². The monoisotopic (exact) mass is 375 g/mol. The molecular weight excluding hydrogens is 365 g/mol. The first-order valence-electron chi connectivity index (χ1n) is 5.92. The molecule has 0 fully saturated rings. The fourth-order valence-corrected chi connectivity index (χ4v) is 3.13. The number of thiocarbonyl (C=S) groups is 1. The molecular formula is C13H11Cl2N3O2S2. The molecule has 0 bridgehead atoms. The van der Waals surface area contributed by atoms with Crippen LogP contribution in [0.4, 0.5) is 11.4 Å². The highest BCUT2D eigenvalue weighted by Crippen LogP contribution is 2.33. The quantitative estimate of drug-likeness (QED) is 0.715. The number of primary sulfonamides is 1. The van der Waals surface area contributed by atoms with Gasteiger partial charge in [-0.25, -0.2) is 13.6 Å². The van der Waals surface area contributed by atoms with E-state index < -0.39 is 10.0 Å². The Kier molecular flexibility index (Phi) is 5.25. The predicted octanol–water partition coefficient (Wildman–Crippen LogP) is 3.45. The molecule has 0 atom stereocenters. The SMILES string of the molecule is NS(=O)(=O)c1cc(Cl)c(NC(=S)Nc2ccccc2)c(Cl)c1. The second-order valence-electron chi connectivity index (χ2n) is 4.25. The molecule has 0 saturated carbocycles. The van der Waals surface area contributed by atoms with Gasteiger partial charge < -0.3 is 10.6 Å². The van der Waals surface area contributed by atoms with Crippen molar-refractivity contribution < 1.29 is 8.42 Å². The highest BCUT2D eigenvalue weighted by Gasteiger charge is 2.15. The van der Waals surface area contributed by atoms with Crippen molar-refractivity contribution in [2.75, 3.05) is 10.6 Å². The van der Waals surface area contributed by atoms with Crippen LogP contribution in [-0.4, -0.2) is 13.5 Å². The van der Waals surface area contributed by atoms with E-state index in [-0.39, 0.29) is 20.1 Å². The molecule has 0 heterocycles. The van der Waals surface area contributed by atoms with Gasteiger partial charge in [0.1, 0.15) is 0 Å². The van der Waals surface area contributed by atoms with E-state index in [2.05, 4.69) is 10.6 Å². The summed E-state index contributed by atoms with van der Waals surface area (Å²) in [6, 6.07) is 11.7. The number of nitrogens with one attached hydrogen (secondary N) is 2. The highest BCUT2D eigenvalue weighted by molar-refractivity contribution is 7.89. The van der Waals surface area contributed by atoms with E-state index in [0.29, 0.717) is 5.69 Å². The number of hydrogen-bond acceptors (Lipinski definition) is 3. The smallest absolute Gasteiger partial charge is 0.238 e. The molecule has 0 radical (unpaired) electrons. The van der Waals surface area contributed by atoms with Gasteiger partial charge in [-0.15, -0.1) is 0 Å². The zero-order valence-electron chi connectivity index (χ0n) is 11.0. The van der Waals surface area contributed by atoms with E-state index >= 15 is 0 Å². The lowest BCUT2D eigenvalue weighted by atomic mass is 10.3. The zero-order valence-corrected chi connectivity index (χ0v) is 14.2. The van der Waals surface area contributed by atoms with Gasteiger partial charge in [0.25, 0.3) is 0 Å². The fraction of sp³-hybridized carbons (Fsp3) is 0. The average Bonchev–Trinajstić information content (AvgIpc) is 2.42. The third kappa shape index (κ3) is 4.31. The molecule has 0 aliphatic carbocycles. The van der Waals surface area contributed by atoms with Crippen molar-refractivity contribution in [3.63, 3.8) is 0 Å². The van der Waals surface area contributed by atoms with E-state index in [0.717, 1.165) is 5.69 Å². The van der Waals surface area contributed by atoms with Crippen molar-refractivity contribution in [1.82, 2.24) is 0 Å². The van der Waals surface area contributed by atoms with E-state index in [4.69, 9.17) is 40.6 Å². The number of hydrogen-bond donors (Lipinski definition) is 3. The molecule has 5 nitrogen and oxygen atoms in total. The minimum atomic E-state index is -3.89. The molecule has 2 aromatic rings. The Labute approximate surface area is 143 Å². The standard InChI is InChI=1S/C13H11Cl2N3O2S2/c14-10-6-9(22(16,19)20)7-11(15)12(10)18-13(21)17-8-4-2-1-3-5-8/h1-7H,(H2,16,19,20)(H2,17,18,21). The van der Waals surface area contributed by atoms with E-state index in [9.17, 15) is 8.42 Å². The molecule has 116 valence electrons. The zero-order chi connectivity index (χ0) is 16.3. The topological polar surface area (TPSA) is 84.2 Å². The maximum Gasteiger partial charge on any atom is 0.238 e. The number of nitrogens with two attached hydrogens (primary N) is 1. The summed E-state index contributed by atoms with van der Waals surface area (Å²) in [6.07, 6.45) is 0. The Balaban J connectivity index is 2.21. The van der Waals surface area contributed by atoms with Gasteiger partial charge in [0.2, 0.25) is 10.0 Å². The molecule has 0 saturated heterocycles. The summed E-state index contributed by atoms with van der Waals surface area (Å²) < 4.78 is 22.6. The van der Waals surface area contributed by atoms with Crippen LogP contribution >= 0.6 is 35.4 Å². The lowest BCUT2D eigenvalue weighted by molar-refractivity contribution is 0.598. The molecule has 0 aliphatic rings. The molecule has 0 aromatic heterocycles. The molecule has 22 heavy (non-hydrogen) atoms. The van der Waals surface area contributed by atoms with Crippen LogP contribution in [0.25, 0.3) is 0 Å². The van der Waals surface area contributed by atoms with Gasteiger partial charge in [0.15, 0.2) is 5.11 Å². The van der Waals surface area contributed by atoms with Crippen LogP contribution < -0.4 is 15.8 Å². The van der Waals surface area contributed by atoms with Crippen LogP contribution in [0, 0.1) is 0 Å². The number of anilines is 2. The maximum absolute atomic E-state index is 11.3. The summed E-state index contributed by atoms with van der Waals surface area (Å²) in [4.78, 5) is -0.171. The van der Waals surface area contributed by atoms with Gasteiger partial charge in [-0.1, -0.05) is 41.4 Å². The van der Waals surface area contributed by atoms with Crippen LogP contribution in [0.15, 0.2) is 47.4 Å². The lowest BCUT2D eigenvalue weighted by Gasteiger charge is -2.14. The largest absolute Gasteiger partial charge is 0.332 e. The normalized spacial score (nSPS) is 11.0. The number of rotatable bonds is 3. The molecule has 0 unspecified atom stereocenters. The summed E-state index contributed by atoms with van der Waals surface area (Å²) in [5.41, 5.74) is 1.08. The molecule has 2 aromatic carbocycles. The molecule has 9 heteroatoms. The van der Waals surface area contributed by atoms with Crippen LogP contribution in [0.2, 0.25) is 10.0 Å². The minimum absolute atomic E-state index is 0.0914. The van der Waals surface area contributed by atoms with Gasteiger partial charge in [0.05, 0.1) is 20.6 Å². The molecule has 0 aliphatic heterocycles. The average molecular weight is 376 g/mol. The summed E-state index contributed by atoms with van der Waals surface area (Å²) in [5, 5.41) is 11.3. The van der Waals surface area contributed by atoms with Gasteiger partial charge in [-0.3, -0.25) is 0 Å². The van der Waals surface area contributed by atoms with Crippen LogP contribution in [0.1, 0.15) is 0 Å². The van der Waals surface area contributed by atoms with Crippen LogP contribution in [0.5, 0.6) is 0 Å². The Hall–Kier alpha value is -1.38. The van der Waals surface area contributed by atoms with Crippen molar-refractivity contribution in [1.29, 1.82) is 0 Å². The Morgan fingerprint density at radius 3 is 2.09 bits per heavy atom. The minimum Gasteiger partial charge on any atom is -0.332 e. The van der Waals surface area contributed by atoms with E-state index in [1.54, 1.807) is 0 Å². The second-order valence-corrected chi connectivity index (χ2v) is 7.04. The number of halogens is 2. The molecule has 0 spiro atoms. The Bertz CT molecular complexity index is 788. The van der Waals surface area contributed by atoms with Crippen molar-refractivity contribution in [3.05, 3.63) is 52.5 Å². The first-order chi connectivity index (χ1) is 10.3. The van der Waals surface area contributed by atoms with Gasteiger partial charge in [-0.2, -0.15) is 0 Å². The summed E-state index contributed by atoms with van der Waals surface area (Å²) >= 11 is 17.2. The van der Waals surface area contributed by atoms with Gasteiger partial charge >= 0.3 is 0 Å². The Morgan fingerprint density at radius 1 is 1.05 bits per heavy atom. The predicted molar refractivity (Wildman–Crippen MR) is 94.1 cm³/mol. The first-order valence-corrected chi connectivity index (χ1v) is 8.63. The van der Waals surface area contributed by atoms with Crippen molar-refractivity contribution in [2.45, 2.75) is 4.90 Å². The third-order valence-electron chi connectivity index (χ3n) is 2.61. The van der Waals surface area contributed by atoms with Crippen molar-refractivity contribution >= 4 is 61.9 Å². The summed E-state index contributed by atoms with van der Waals surface area (Å²) in [7, 11) is -3.89. The molecule has 4 N–H and O–H groups in total. The van der Waals surface area contributed by atoms with Crippen LogP contribution in [-0.2, 0) is 10.0 Å². The summed E-state index contributed by atoms with van der Waals surface area (Å²) in [5.74, 6) is 0. The summed E-state index contributed by atoms with van der Waals surface area (Å²) in [6.45, 7) is 0. The second kappa shape index (κ2) is 6.80. The molecule has 2 rings (SSSR count). The third-order valence-corrected chi connectivity index (χ3v) is 4.31. The Morgan fingerprint density at radius 2 is 1.59 bits per heavy atom. The van der Waals surface area contributed by atoms with Gasteiger partial charge in [0, 0.05) is 5.69 Å². The van der Waals surface area contributed by atoms with Crippen LogP contribution in [0.3, 0.4) is 0 Å². The molecule has 0 amide bonds. The number of sulfonamides is 1. The van der Waals surface area contributed by atoms with Crippen molar-refractivity contribution in [3.8, 4) is 0 Å². The fourth-order valence-electron chi connectivity index (χ4n) is 1.63. The van der Waals surface area contributed by atoms with Crippen molar-refractivity contribution in [2.24, 2.45) is 5.14 Å².